The van der Waals surface area contributed by atoms with Crippen molar-refractivity contribution in [1.82, 2.24) is 30.4 Å². The van der Waals surface area contributed by atoms with Crippen LogP contribution in [0.2, 0.25) is 0 Å². The summed E-state index contributed by atoms with van der Waals surface area (Å²) >= 11 is 1.44. The summed E-state index contributed by atoms with van der Waals surface area (Å²) in [5.41, 5.74) is 2.05. The highest BCUT2D eigenvalue weighted by Crippen LogP contribution is 2.33. The van der Waals surface area contributed by atoms with Crippen molar-refractivity contribution in [2.75, 3.05) is 0 Å². The first-order chi connectivity index (χ1) is 12.8. The third kappa shape index (κ3) is 3.65. The van der Waals surface area contributed by atoms with Crippen molar-refractivity contribution in [3.05, 3.63) is 77.9 Å². The number of aromatic nitrogens is 6. The molecular weight excluding hydrogens is 348 g/mol. The molecule has 0 spiro atoms. The van der Waals surface area contributed by atoms with Crippen molar-refractivity contribution >= 4 is 11.8 Å². The number of para-hydroxylation sites is 1. The zero-order valence-corrected chi connectivity index (χ0v) is 14.9. The van der Waals surface area contributed by atoms with Crippen LogP contribution < -0.4 is 0 Å². The van der Waals surface area contributed by atoms with Gasteiger partial charge in [0.05, 0.1) is 17.4 Å². The number of nitrogens with zero attached hydrogens (tertiary/aromatic N) is 6. The minimum absolute atomic E-state index is 0.0461. The van der Waals surface area contributed by atoms with E-state index in [0.29, 0.717) is 17.5 Å². The SMILES string of the molecule is CC(Sc1nnc(Cc2ccccc2)o1)c1nnnn1-c1ccccc1. The van der Waals surface area contributed by atoms with Crippen LogP contribution >= 0.6 is 11.8 Å². The van der Waals surface area contributed by atoms with Crippen LogP contribution in [0.1, 0.15) is 29.5 Å². The minimum atomic E-state index is -0.0461. The Morgan fingerprint density at radius 3 is 2.46 bits per heavy atom. The molecular formula is C18H16N6OS. The lowest BCUT2D eigenvalue weighted by Gasteiger charge is -2.08. The Labute approximate surface area is 154 Å². The van der Waals surface area contributed by atoms with E-state index in [1.54, 1.807) is 4.68 Å². The zero-order chi connectivity index (χ0) is 17.8. The van der Waals surface area contributed by atoms with Gasteiger partial charge in [-0.3, -0.25) is 0 Å². The van der Waals surface area contributed by atoms with Gasteiger partial charge in [-0.2, -0.15) is 4.68 Å². The van der Waals surface area contributed by atoms with Gasteiger partial charge in [0.25, 0.3) is 5.22 Å². The Morgan fingerprint density at radius 1 is 0.962 bits per heavy atom. The molecule has 0 saturated carbocycles. The molecule has 1 unspecified atom stereocenters. The Hall–Kier alpha value is -3.00. The molecule has 1 atom stereocenters. The van der Waals surface area contributed by atoms with Crippen molar-refractivity contribution in [3.8, 4) is 5.69 Å². The van der Waals surface area contributed by atoms with E-state index in [1.807, 2.05) is 67.6 Å². The third-order valence-electron chi connectivity index (χ3n) is 3.78. The first kappa shape index (κ1) is 16.5. The van der Waals surface area contributed by atoms with Crippen LogP contribution in [0, 0.1) is 0 Å². The molecule has 0 aliphatic heterocycles. The molecule has 4 rings (SSSR count). The first-order valence-electron chi connectivity index (χ1n) is 8.16. The van der Waals surface area contributed by atoms with Crippen molar-refractivity contribution in [1.29, 1.82) is 0 Å². The van der Waals surface area contributed by atoms with Crippen LogP contribution in [0.3, 0.4) is 0 Å². The molecule has 0 radical (unpaired) electrons. The molecule has 8 heteroatoms. The van der Waals surface area contributed by atoms with Crippen LogP contribution in [0.15, 0.2) is 70.3 Å². The van der Waals surface area contributed by atoms with Crippen LogP contribution in [0.25, 0.3) is 5.69 Å². The molecule has 0 amide bonds. The van der Waals surface area contributed by atoms with Gasteiger partial charge in [0.2, 0.25) is 5.89 Å². The zero-order valence-electron chi connectivity index (χ0n) is 14.1. The van der Waals surface area contributed by atoms with E-state index in [1.165, 1.54) is 11.8 Å². The molecule has 26 heavy (non-hydrogen) atoms. The average molecular weight is 364 g/mol. The summed E-state index contributed by atoms with van der Waals surface area (Å²) in [6.45, 7) is 2.01. The average Bonchev–Trinajstić information content (AvgIpc) is 3.33. The second-order valence-electron chi connectivity index (χ2n) is 5.67. The normalized spacial score (nSPS) is 12.2. The predicted octanol–water partition coefficient (Wildman–Crippen LogP) is 3.49. The van der Waals surface area contributed by atoms with E-state index in [2.05, 4.69) is 25.7 Å². The van der Waals surface area contributed by atoms with Gasteiger partial charge in [-0.05, 0) is 35.0 Å². The van der Waals surface area contributed by atoms with E-state index >= 15 is 0 Å². The summed E-state index contributed by atoms with van der Waals surface area (Å²) in [6.07, 6.45) is 0.616. The van der Waals surface area contributed by atoms with E-state index in [4.69, 9.17) is 4.42 Å². The number of hydrogen-bond donors (Lipinski definition) is 0. The molecule has 0 bridgehead atoms. The summed E-state index contributed by atoms with van der Waals surface area (Å²) in [7, 11) is 0. The summed E-state index contributed by atoms with van der Waals surface area (Å²) in [4.78, 5) is 0. The monoisotopic (exact) mass is 364 g/mol. The fraction of sp³-hybridized carbons (Fsp3) is 0.167. The largest absolute Gasteiger partial charge is 0.416 e. The van der Waals surface area contributed by atoms with Gasteiger partial charge in [0.1, 0.15) is 0 Å². The molecule has 2 heterocycles. The van der Waals surface area contributed by atoms with E-state index in [0.717, 1.165) is 17.1 Å². The van der Waals surface area contributed by atoms with Crippen LogP contribution in [-0.4, -0.2) is 30.4 Å². The van der Waals surface area contributed by atoms with Gasteiger partial charge in [-0.15, -0.1) is 15.3 Å². The van der Waals surface area contributed by atoms with Gasteiger partial charge in [0, 0.05) is 0 Å². The molecule has 4 aromatic rings. The molecule has 0 N–H and O–H groups in total. The molecule has 2 aromatic heterocycles. The summed E-state index contributed by atoms with van der Waals surface area (Å²) in [6, 6.07) is 19.8. The Bertz CT molecular complexity index is 970. The fourth-order valence-electron chi connectivity index (χ4n) is 2.53. The minimum Gasteiger partial charge on any atom is -0.416 e. The van der Waals surface area contributed by atoms with Crippen LogP contribution in [0.4, 0.5) is 0 Å². The number of thioether (sulfide) groups is 1. The van der Waals surface area contributed by atoms with Crippen molar-refractivity contribution in [3.63, 3.8) is 0 Å². The van der Waals surface area contributed by atoms with E-state index < -0.39 is 0 Å². The first-order valence-corrected chi connectivity index (χ1v) is 9.04. The summed E-state index contributed by atoms with van der Waals surface area (Å²) in [5.74, 6) is 1.32. The maximum atomic E-state index is 5.76. The number of hydrogen-bond acceptors (Lipinski definition) is 7. The summed E-state index contributed by atoms with van der Waals surface area (Å²) in [5, 5.41) is 20.8. The Kier molecular flexibility index (Phi) is 4.74. The van der Waals surface area contributed by atoms with Gasteiger partial charge in [0.15, 0.2) is 5.82 Å². The van der Waals surface area contributed by atoms with Crippen LogP contribution in [0.5, 0.6) is 0 Å². The lowest BCUT2D eigenvalue weighted by atomic mass is 10.2. The van der Waals surface area contributed by atoms with Gasteiger partial charge < -0.3 is 4.42 Å². The van der Waals surface area contributed by atoms with Gasteiger partial charge in [-0.1, -0.05) is 60.3 Å². The highest BCUT2D eigenvalue weighted by Gasteiger charge is 2.20. The molecule has 0 aliphatic rings. The number of tetrazole rings is 1. The second kappa shape index (κ2) is 7.49. The van der Waals surface area contributed by atoms with E-state index in [9.17, 15) is 0 Å². The number of benzene rings is 2. The lowest BCUT2D eigenvalue weighted by molar-refractivity contribution is 0.419. The molecule has 0 fully saturated rings. The molecule has 0 saturated heterocycles. The van der Waals surface area contributed by atoms with Gasteiger partial charge >= 0.3 is 0 Å². The van der Waals surface area contributed by atoms with Crippen molar-refractivity contribution < 1.29 is 4.42 Å². The molecule has 130 valence electrons. The Balaban J connectivity index is 1.48. The fourth-order valence-corrected chi connectivity index (χ4v) is 3.32. The lowest BCUT2D eigenvalue weighted by Crippen LogP contribution is -2.04. The molecule has 7 nitrogen and oxygen atoms in total. The number of rotatable bonds is 6. The van der Waals surface area contributed by atoms with Gasteiger partial charge in [-0.25, -0.2) is 0 Å². The highest BCUT2D eigenvalue weighted by molar-refractivity contribution is 7.99. The van der Waals surface area contributed by atoms with Crippen molar-refractivity contribution in [2.45, 2.75) is 23.8 Å². The Morgan fingerprint density at radius 2 is 1.69 bits per heavy atom. The predicted molar refractivity (Wildman–Crippen MR) is 97.0 cm³/mol. The van der Waals surface area contributed by atoms with Crippen molar-refractivity contribution in [2.24, 2.45) is 0 Å². The second-order valence-corrected chi connectivity index (χ2v) is 6.96. The quantitative estimate of drug-likeness (QED) is 0.484. The smallest absolute Gasteiger partial charge is 0.277 e. The van der Waals surface area contributed by atoms with E-state index in [-0.39, 0.29) is 5.25 Å². The molecule has 0 aliphatic carbocycles. The topological polar surface area (TPSA) is 82.5 Å². The summed E-state index contributed by atoms with van der Waals surface area (Å²) < 4.78 is 7.49. The maximum absolute atomic E-state index is 5.76. The molecule has 2 aromatic carbocycles. The highest BCUT2D eigenvalue weighted by atomic mass is 32.2. The third-order valence-corrected chi connectivity index (χ3v) is 4.71. The maximum Gasteiger partial charge on any atom is 0.277 e. The standard InChI is InChI=1S/C18H16N6OS/c1-13(17-20-22-23-24(17)15-10-6-3-7-11-15)26-18-21-19-16(25-18)12-14-8-4-2-5-9-14/h2-11,13H,12H2,1H3. The van der Waals surface area contributed by atoms with Crippen LogP contribution in [-0.2, 0) is 6.42 Å².